The Morgan fingerprint density at radius 2 is 2.03 bits per heavy atom. The van der Waals surface area contributed by atoms with E-state index in [1.54, 1.807) is 12.1 Å². The Morgan fingerprint density at radius 1 is 1.32 bits per heavy atom. The zero-order valence-corrected chi connectivity index (χ0v) is 18.6. The highest BCUT2D eigenvalue weighted by Crippen LogP contribution is 2.37. The van der Waals surface area contributed by atoms with Crippen LogP contribution in [0.3, 0.4) is 0 Å². The molecule has 0 radical (unpaired) electrons. The predicted molar refractivity (Wildman–Crippen MR) is 120 cm³/mol. The molecule has 12 heteroatoms. The maximum atomic E-state index is 12.0. The van der Waals surface area contributed by atoms with Gasteiger partial charge in [0.25, 0.3) is 0 Å². The van der Waals surface area contributed by atoms with E-state index in [0.717, 1.165) is 5.56 Å². The fraction of sp³-hybridized carbons (Fsp3) is 0.579. The molecule has 1 aromatic rings. The van der Waals surface area contributed by atoms with Gasteiger partial charge in [0.15, 0.2) is 0 Å². The van der Waals surface area contributed by atoms with E-state index in [1.807, 2.05) is 4.90 Å². The number of hydrogen-bond acceptors (Lipinski definition) is 7. The van der Waals surface area contributed by atoms with Gasteiger partial charge in [-0.15, -0.1) is 24.8 Å². The zero-order chi connectivity index (χ0) is 20.5. The molecule has 4 rings (SSSR count). The lowest BCUT2D eigenvalue weighted by molar-refractivity contribution is -0.123. The fourth-order valence-corrected chi connectivity index (χ4v) is 3.70. The molecule has 2 fully saturated rings. The largest absolute Gasteiger partial charge is 0.535 e. The first-order valence-electron chi connectivity index (χ1n) is 10.1. The van der Waals surface area contributed by atoms with Crippen molar-refractivity contribution in [3.8, 4) is 11.5 Å². The highest BCUT2D eigenvalue weighted by atomic mass is 35.5. The van der Waals surface area contributed by atoms with Crippen molar-refractivity contribution in [3.63, 3.8) is 0 Å². The summed E-state index contributed by atoms with van der Waals surface area (Å²) in [6.07, 6.45) is 3.13. The van der Waals surface area contributed by atoms with Crippen LogP contribution in [0.1, 0.15) is 28.8 Å². The summed E-state index contributed by atoms with van der Waals surface area (Å²) in [4.78, 5) is 25.8. The Balaban J connectivity index is 0.00000171. The number of likely N-dealkylation sites (tertiary alicyclic amines) is 1. The zero-order valence-electron chi connectivity index (χ0n) is 17.0. The number of halogens is 2. The van der Waals surface area contributed by atoms with Crippen molar-refractivity contribution in [2.24, 2.45) is 11.7 Å². The minimum Gasteiger partial charge on any atom is -0.535 e. The van der Waals surface area contributed by atoms with Crippen LogP contribution in [0.25, 0.3) is 0 Å². The molecule has 1 aliphatic carbocycles. The van der Waals surface area contributed by atoms with Gasteiger partial charge >= 0.3 is 13.1 Å². The normalized spacial score (nSPS) is 19.0. The summed E-state index contributed by atoms with van der Waals surface area (Å²) in [6.45, 7) is 2.25. The molecule has 1 saturated carbocycles. The number of carboxylic acid groups (broad SMARTS) is 1. The quantitative estimate of drug-likeness (QED) is 0.400. The molecule has 1 aromatic carbocycles. The molecule has 1 atom stereocenters. The van der Waals surface area contributed by atoms with Crippen molar-refractivity contribution in [2.45, 2.75) is 37.7 Å². The number of nitrogens with one attached hydrogen (secondary N) is 1. The maximum Gasteiger partial charge on any atom is 0.522 e. The van der Waals surface area contributed by atoms with E-state index >= 15 is 0 Å². The second-order valence-electron chi connectivity index (χ2n) is 8.10. The number of benzene rings is 1. The van der Waals surface area contributed by atoms with Crippen molar-refractivity contribution >= 4 is 43.8 Å². The number of nitrogens with two attached hydrogens (primary N) is 1. The van der Waals surface area contributed by atoms with Gasteiger partial charge in [-0.25, -0.2) is 4.79 Å². The highest BCUT2D eigenvalue weighted by molar-refractivity contribution is 6.44. The molecule has 0 spiro atoms. The lowest BCUT2D eigenvalue weighted by Crippen LogP contribution is -2.59. The number of carboxylic acids is 1. The van der Waals surface area contributed by atoms with E-state index in [9.17, 15) is 19.7 Å². The van der Waals surface area contributed by atoms with Gasteiger partial charge in [0.1, 0.15) is 23.2 Å². The van der Waals surface area contributed by atoms with Crippen LogP contribution in [0.2, 0.25) is 6.32 Å². The maximum absolute atomic E-state index is 12.0. The molecule has 2 aliphatic heterocycles. The molecular weight excluding hydrogens is 448 g/mol. The summed E-state index contributed by atoms with van der Waals surface area (Å²) in [5.41, 5.74) is 6.66. The van der Waals surface area contributed by atoms with Crippen molar-refractivity contribution in [3.05, 3.63) is 23.3 Å². The van der Waals surface area contributed by atoms with E-state index in [0.29, 0.717) is 44.8 Å². The molecule has 0 aromatic heterocycles. The second-order valence-corrected chi connectivity index (χ2v) is 8.10. The average Bonchev–Trinajstić information content (AvgIpc) is 3.47. The van der Waals surface area contributed by atoms with E-state index in [2.05, 4.69) is 5.32 Å². The molecule has 0 unspecified atom stereocenters. The summed E-state index contributed by atoms with van der Waals surface area (Å²) in [5, 5.41) is 22.2. The molecular formula is C19H28BCl2N3O6. The predicted octanol–water partition coefficient (Wildman–Crippen LogP) is 0.560. The van der Waals surface area contributed by atoms with E-state index in [4.69, 9.17) is 15.1 Å². The van der Waals surface area contributed by atoms with Crippen LogP contribution in [0.5, 0.6) is 11.5 Å². The summed E-state index contributed by atoms with van der Waals surface area (Å²) in [7, 11) is -1.01. The minimum absolute atomic E-state index is 0. The van der Waals surface area contributed by atoms with Crippen molar-refractivity contribution in [1.29, 1.82) is 0 Å². The Kier molecular flexibility index (Phi) is 8.85. The first-order valence-corrected chi connectivity index (χ1v) is 10.1. The number of nitrogens with zero attached hydrogens (tertiary/aromatic N) is 1. The first-order chi connectivity index (χ1) is 13.9. The van der Waals surface area contributed by atoms with Gasteiger partial charge in [0, 0.05) is 26.2 Å². The minimum atomic E-state index is -1.16. The number of rotatable bonds is 8. The van der Waals surface area contributed by atoms with Gasteiger partial charge in [0.05, 0.1) is 6.04 Å². The summed E-state index contributed by atoms with van der Waals surface area (Å²) >= 11 is 0. The number of carbonyl (C=O) groups excluding carboxylic acids is 1. The molecule has 0 bridgehead atoms. The Morgan fingerprint density at radius 3 is 2.68 bits per heavy atom. The topological polar surface area (TPSA) is 134 Å². The molecule has 1 saturated heterocycles. The van der Waals surface area contributed by atoms with Gasteiger partial charge in [-0.3, -0.25) is 9.69 Å². The van der Waals surface area contributed by atoms with Crippen LogP contribution in [0, 0.1) is 5.92 Å². The molecule has 172 valence electrons. The van der Waals surface area contributed by atoms with Crippen molar-refractivity contribution < 1.29 is 29.1 Å². The Bertz CT molecular complexity index is 807. The number of aromatic carboxylic acids is 1. The molecule has 5 N–H and O–H groups in total. The third-order valence-electron chi connectivity index (χ3n) is 5.60. The number of hydrogen-bond donors (Lipinski definition) is 4. The third kappa shape index (κ3) is 6.17. The molecule has 1 amide bonds. The van der Waals surface area contributed by atoms with E-state index < -0.39 is 19.1 Å². The smallest absolute Gasteiger partial charge is 0.522 e. The van der Waals surface area contributed by atoms with Gasteiger partial charge in [0.2, 0.25) is 5.91 Å². The second kappa shape index (κ2) is 10.7. The van der Waals surface area contributed by atoms with E-state index in [-0.39, 0.29) is 53.9 Å². The van der Waals surface area contributed by atoms with Gasteiger partial charge in [-0.05, 0) is 43.1 Å². The molecule has 31 heavy (non-hydrogen) atoms. The molecule has 9 nitrogen and oxygen atoms in total. The number of carbonyl (C=O) groups is 2. The van der Waals surface area contributed by atoms with Gasteiger partial charge < -0.3 is 30.6 Å². The Labute approximate surface area is 193 Å². The summed E-state index contributed by atoms with van der Waals surface area (Å²) < 4.78 is 11.2. The van der Waals surface area contributed by atoms with Crippen LogP contribution < -0.4 is 20.4 Å². The molecule has 3 aliphatic rings. The summed E-state index contributed by atoms with van der Waals surface area (Å²) in [6, 6.07) is 2.82. The van der Waals surface area contributed by atoms with Crippen LogP contribution >= 0.6 is 24.8 Å². The SMILES string of the molecule is Cl.Cl.N[C@H](CN1CC(Oc2ccc3c(c2C(=O)O)OB(O)CC3)C1)C(=O)NCC1CC1. The number of ether oxygens (including phenoxy) is 1. The van der Waals surface area contributed by atoms with Crippen molar-refractivity contribution in [1.82, 2.24) is 10.2 Å². The lowest BCUT2D eigenvalue weighted by atomic mass is 9.78. The number of fused-ring (bicyclic) bond motifs is 1. The van der Waals surface area contributed by atoms with Crippen LogP contribution in [-0.4, -0.2) is 72.4 Å². The fourth-order valence-electron chi connectivity index (χ4n) is 3.70. The summed E-state index contributed by atoms with van der Waals surface area (Å²) in [5.74, 6) is -0.282. The average molecular weight is 476 g/mol. The van der Waals surface area contributed by atoms with Crippen LogP contribution in [0.4, 0.5) is 0 Å². The van der Waals surface area contributed by atoms with Gasteiger partial charge in [-0.1, -0.05) is 6.07 Å². The Hall–Kier alpha value is -1.72. The van der Waals surface area contributed by atoms with Crippen LogP contribution in [0.15, 0.2) is 12.1 Å². The first kappa shape index (κ1) is 25.5. The number of aryl methyl sites for hydroxylation is 1. The monoisotopic (exact) mass is 475 g/mol. The van der Waals surface area contributed by atoms with Crippen molar-refractivity contribution in [2.75, 3.05) is 26.2 Å². The highest BCUT2D eigenvalue weighted by Gasteiger charge is 2.35. The third-order valence-corrected chi connectivity index (χ3v) is 5.60. The number of amides is 1. The standard InChI is InChI=1S/C19H26BN3O6.2ClH/c21-14(18(24)22-7-11-1-2-11)10-23-8-13(9-23)28-15-4-3-12-5-6-20(27)29-17(12)16(15)19(25)26;;/h3-4,11,13-14,27H,1-2,5-10,21H2,(H,22,24)(H,25,26);2*1H/t14-;;/m1../s1. The lowest BCUT2D eigenvalue weighted by Gasteiger charge is -2.40. The van der Waals surface area contributed by atoms with Crippen LogP contribution in [-0.2, 0) is 11.2 Å². The molecule has 2 heterocycles. The van der Waals surface area contributed by atoms with Gasteiger partial charge in [-0.2, -0.15) is 0 Å². The van der Waals surface area contributed by atoms with E-state index in [1.165, 1.54) is 12.8 Å².